The fraction of sp³-hybridized carbons (Fsp3) is 0.370. The largest absolute Gasteiger partial charge is 0.383 e. The van der Waals surface area contributed by atoms with Gasteiger partial charge in [0.2, 0.25) is 0 Å². The predicted octanol–water partition coefficient (Wildman–Crippen LogP) is 4.48. The van der Waals surface area contributed by atoms with E-state index in [4.69, 9.17) is 20.2 Å². The molecule has 4 atom stereocenters. The molecule has 3 aromatic heterocycles. The quantitative estimate of drug-likeness (QED) is 0.415. The van der Waals surface area contributed by atoms with Gasteiger partial charge in [0.1, 0.15) is 35.8 Å². The van der Waals surface area contributed by atoms with Crippen molar-refractivity contribution in [2.75, 3.05) is 18.1 Å². The number of rotatable bonds is 5. The molecule has 180 valence electrons. The minimum absolute atomic E-state index is 0.0394. The smallest absolute Gasteiger partial charge is 0.164 e. The molecular formula is C27H30N6O2. The third kappa shape index (κ3) is 3.73. The van der Waals surface area contributed by atoms with Gasteiger partial charge in [-0.1, -0.05) is 25.1 Å². The lowest BCUT2D eigenvalue weighted by Crippen LogP contribution is -2.28. The number of hydrogen-bond acceptors (Lipinski definition) is 7. The molecular weight excluding hydrogens is 440 g/mol. The van der Waals surface area contributed by atoms with E-state index in [9.17, 15) is 0 Å². The van der Waals surface area contributed by atoms with Crippen LogP contribution in [0.5, 0.6) is 0 Å². The highest BCUT2D eigenvalue weighted by Gasteiger charge is 2.51. The number of aromatic nitrogens is 4. The Morgan fingerprint density at radius 3 is 2.80 bits per heavy atom. The summed E-state index contributed by atoms with van der Waals surface area (Å²) in [7, 11) is 1.89. The topological polar surface area (TPSA) is 100 Å². The van der Waals surface area contributed by atoms with Crippen molar-refractivity contribution >= 4 is 33.6 Å². The van der Waals surface area contributed by atoms with Gasteiger partial charge in [0, 0.05) is 18.6 Å². The monoisotopic (exact) mass is 470 g/mol. The van der Waals surface area contributed by atoms with Gasteiger partial charge in [-0.25, -0.2) is 15.0 Å². The summed E-state index contributed by atoms with van der Waals surface area (Å²) in [6.45, 7) is 6.22. The van der Waals surface area contributed by atoms with Gasteiger partial charge in [-0.3, -0.25) is 0 Å². The Morgan fingerprint density at radius 1 is 1.14 bits per heavy atom. The van der Waals surface area contributed by atoms with Crippen LogP contribution in [0.3, 0.4) is 0 Å². The molecule has 8 heteroatoms. The van der Waals surface area contributed by atoms with E-state index in [2.05, 4.69) is 57.1 Å². The molecule has 35 heavy (non-hydrogen) atoms. The first-order valence-electron chi connectivity index (χ1n) is 12.0. The molecule has 1 fully saturated rings. The average molecular weight is 471 g/mol. The number of anilines is 2. The zero-order chi connectivity index (χ0) is 24.3. The molecule has 1 saturated heterocycles. The molecule has 2 aliphatic rings. The highest BCUT2D eigenvalue weighted by Crippen LogP contribution is 2.46. The van der Waals surface area contributed by atoms with Crippen LogP contribution in [0.2, 0.25) is 0 Å². The summed E-state index contributed by atoms with van der Waals surface area (Å²) in [5.41, 5.74) is 10.4. The van der Waals surface area contributed by atoms with Crippen molar-refractivity contribution in [3.05, 3.63) is 66.1 Å². The summed E-state index contributed by atoms with van der Waals surface area (Å²) in [4.78, 5) is 13.4. The van der Waals surface area contributed by atoms with Crippen molar-refractivity contribution in [2.24, 2.45) is 5.92 Å². The van der Waals surface area contributed by atoms with Crippen LogP contribution in [0, 0.1) is 5.92 Å². The van der Waals surface area contributed by atoms with Gasteiger partial charge < -0.3 is 25.1 Å². The Labute approximate surface area is 204 Å². The van der Waals surface area contributed by atoms with E-state index in [0.29, 0.717) is 5.82 Å². The maximum atomic E-state index is 6.43. The van der Waals surface area contributed by atoms with Crippen LogP contribution in [0.1, 0.15) is 32.4 Å². The Balaban J connectivity index is 1.34. The van der Waals surface area contributed by atoms with Gasteiger partial charge in [-0.15, -0.1) is 0 Å². The minimum Gasteiger partial charge on any atom is -0.383 e. The Kier molecular flexibility index (Phi) is 5.05. The molecule has 0 saturated carbocycles. The third-order valence-corrected chi connectivity index (χ3v) is 7.14. The zero-order valence-electron chi connectivity index (χ0n) is 20.4. The highest BCUT2D eigenvalue weighted by molar-refractivity contribution is 5.86. The highest BCUT2D eigenvalue weighted by atomic mass is 16.8. The molecule has 0 amide bonds. The average Bonchev–Trinajstić information content (AvgIpc) is 3.49. The van der Waals surface area contributed by atoms with Crippen LogP contribution in [0.15, 0.2) is 60.6 Å². The third-order valence-electron chi connectivity index (χ3n) is 7.14. The second-order valence-electron chi connectivity index (χ2n) is 9.98. The molecule has 0 spiro atoms. The van der Waals surface area contributed by atoms with Gasteiger partial charge in [0.15, 0.2) is 5.79 Å². The fourth-order valence-corrected chi connectivity index (χ4v) is 5.50. The molecule has 0 bridgehead atoms. The second-order valence-corrected chi connectivity index (χ2v) is 9.98. The van der Waals surface area contributed by atoms with Gasteiger partial charge in [-0.2, -0.15) is 0 Å². The Morgan fingerprint density at radius 2 is 1.97 bits per heavy atom. The summed E-state index contributed by atoms with van der Waals surface area (Å²) in [6, 6.07) is 12.5. The first kappa shape index (κ1) is 22.0. The van der Waals surface area contributed by atoms with E-state index < -0.39 is 5.79 Å². The summed E-state index contributed by atoms with van der Waals surface area (Å²) in [5.74, 6) is 0.960. The summed E-state index contributed by atoms with van der Waals surface area (Å²) < 4.78 is 15.0. The number of nitrogens with zero attached hydrogens (tertiary/aromatic N) is 4. The molecule has 4 heterocycles. The van der Waals surface area contributed by atoms with Gasteiger partial charge in [-0.05, 0) is 61.6 Å². The summed E-state index contributed by atoms with van der Waals surface area (Å²) in [6.07, 6.45) is 6.46. The maximum Gasteiger partial charge on any atom is 0.164 e. The number of benzene rings is 1. The number of nitrogen functional groups attached to an aromatic ring is 1. The molecule has 8 nitrogen and oxygen atoms in total. The molecule has 6 rings (SSSR count). The number of ether oxygens (including phenoxy) is 2. The maximum absolute atomic E-state index is 6.43. The number of nitrogens with two attached hydrogens (primary N) is 1. The van der Waals surface area contributed by atoms with E-state index in [1.54, 1.807) is 0 Å². The van der Waals surface area contributed by atoms with Crippen LogP contribution in [0.25, 0.3) is 21.9 Å². The lowest BCUT2D eigenvalue weighted by atomic mass is 9.91. The molecule has 0 radical (unpaired) electrons. The molecule has 4 aromatic rings. The minimum atomic E-state index is -0.653. The van der Waals surface area contributed by atoms with Crippen LogP contribution >= 0.6 is 0 Å². The lowest BCUT2D eigenvalue weighted by Gasteiger charge is -2.22. The molecule has 3 N–H and O–H groups in total. The molecule has 1 aromatic carbocycles. The van der Waals surface area contributed by atoms with E-state index in [0.717, 1.165) is 34.2 Å². The number of nitrogens with one attached hydrogen (secondary N) is 1. The van der Waals surface area contributed by atoms with Crippen molar-refractivity contribution in [3.63, 3.8) is 0 Å². The van der Waals surface area contributed by atoms with Crippen LogP contribution < -0.4 is 11.1 Å². The van der Waals surface area contributed by atoms with Crippen LogP contribution in [-0.4, -0.2) is 44.6 Å². The molecule has 1 aliphatic carbocycles. The van der Waals surface area contributed by atoms with Crippen molar-refractivity contribution in [3.8, 4) is 0 Å². The standard InChI is InChI=1S/C27H30N6O2/c1-15(11-16-5-6-17-7-8-22(29-4)32-20(17)12-16)19-13-21(24-23(19)34-27(2,3)35-24)33-10-9-18-25(28)30-14-31-26(18)33/h5-10,12-15,21,23-24H,11H2,1-4H3,(H,29,32)(H2,28,30,31)/t15?,21-,23-,24+/m1/s1. The zero-order valence-corrected chi connectivity index (χ0v) is 20.4. The number of pyridine rings is 1. The lowest BCUT2D eigenvalue weighted by molar-refractivity contribution is -0.148. The van der Waals surface area contributed by atoms with Crippen molar-refractivity contribution in [2.45, 2.75) is 51.2 Å². The van der Waals surface area contributed by atoms with Crippen molar-refractivity contribution < 1.29 is 9.47 Å². The molecule has 1 aliphatic heterocycles. The van der Waals surface area contributed by atoms with Crippen molar-refractivity contribution in [1.29, 1.82) is 0 Å². The Bertz CT molecular complexity index is 1460. The number of hydrogen-bond donors (Lipinski definition) is 2. The van der Waals surface area contributed by atoms with Crippen LogP contribution in [0.4, 0.5) is 11.6 Å². The van der Waals surface area contributed by atoms with E-state index in [1.807, 2.05) is 39.2 Å². The molecule has 1 unspecified atom stereocenters. The van der Waals surface area contributed by atoms with E-state index in [-0.39, 0.29) is 24.2 Å². The van der Waals surface area contributed by atoms with Crippen LogP contribution in [-0.2, 0) is 15.9 Å². The van der Waals surface area contributed by atoms with E-state index >= 15 is 0 Å². The van der Waals surface area contributed by atoms with Crippen molar-refractivity contribution in [1.82, 2.24) is 19.5 Å². The normalized spacial score (nSPS) is 24.0. The Hall–Kier alpha value is -3.49. The predicted molar refractivity (Wildman–Crippen MR) is 137 cm³/mol. The summed E-state index contributed by atoms with van der Waals surface area (Å²) in [5, 5.41) is 5.11. The SMILES string of the molecule is CNc1ccc2ccc(CC(C)C3=C[C@@H](n4ccc5c(N)ncnc54)[C@@H]4OC(C)(C)O[C@H]34)cc2n1. The van der Waals surface area contributed by atoms with Gasteiger partial charge in [0.05, 0.1) is 16.9 Å². The van der Waals surface area contributed by atoms with Gasteiger partial charge in [0.25, 0.3) is 0 Å². The first-order chi connectivity index (χ1) is 16.8. The second kappa shape index (κ2) is 8.03. The first-order valence-corrected chi connectivity index (χ1v) is 12.0. The fourth-order valence-electron chi connectivity index (χ4n) is 5.50. The van der Waals surface area contributed by atoms with E-state index in [1.165, 1.54) is 17.5 Å². The van der Waals surface area contributed by atoms with Gasteiger partial charge >= 0.3 is 0 Å². The summed E-state index contributed by atoms with van der Waals surface area (Å²) >= 11 is 0. The number of fused-ring (bicyclic) bond motifs is 3.